The number of rotatable bonds is 8. The number of carbonyl (C=O) groups excluding carboxylic acids is 1. The molecule has 0 heterocycles. The van der Waals surface area contributed by atoms with Gasteiger partial charge in [-0.1, -0.05) is 61.9 Å². The number of benzene rings is 1. The minimum Gasteiger partial charge on any atom is -0.384 e. The van der Waals surface area contributed by atoms with Crippen molar-refractivity contribution in [3.05, 3.63) is 42.0 Å². The Bertz CT molecular complexity index is 512. The Labute approximate surface area is 148 Å². The topological polar surface area (TPSA) is 41.1 Å². The van der Waals surface area contributed by atoms with Crippen LogP contribution in [-0.2, 0) is 10.5 Å². The smallest absolute Gasteiger partial charge is 0.192 e. The van der Waals surface area contributed by atoms with Crippen LogP contribution in [0.4, 0.5) is 0 Å². The molecule has 0 aromatic heterocycles. The molecule has 0 aliphatic heterocycles. The first-order chi connectivity index (χ1) is 11.2. The van der Waals surface area contributed by atoms with E-state index in [0.717, 1.165) is 36.4 Å². The molecule has 3 nitrogen and oxygen atoms in total. The van der Waals surface area contributed by atoms with Crippen molar-refractivity contribution in [3.8, 4) is 0 Å². The zero-order valence-corrected chi connectivity index (χ0v) is 15.0. The second kappa shape index (κ2) is 10.0. The van der Waals surface area contributed by atoms with Crippen molar-refractivity contribution in [2.75, 3.05) is 13.1 Å². The third-order valence-electron chi connectivity index (χ3n) is 4.18. The van der Waals surface area contributed by atoms with Crippen LogP contribution in [0.15, 0.2) is 30.8 Å². The molecule has 126 valence electrons. The Morgan fingerprint density at radius 1 is 1.17 bits per heavy atom. The van der Waals surface area contributed by atoms with Crippen molar-refractivity contribution in [2.24, 2.45) is 5.92 Å². The molecule has 2 rings (SSSR count). The molecule has 0 amide bonds. The fraction of sp³-hybridized carbons (Fsp3) is 0.500. The number of nitrogens with one attached hydrogen (secondary N) is 2. The Morgan fingerprint density at radius 3 is 2.52 bits per heavy atom. The largest absolute Gasteiger partial charge is 0.384 e. The number of halogens is 1. The molecule has 0 bridgehead atoms. The predicted molar refractivity (Wildman–Crippen MR) is 100 cm³/mol. The minimum atomic E-state index is 0.285. The standard InChI is InChI=1S/C18H25ClN2OS/c1-14(20-11-12-21-19)16-9-7-15(8-10-16)13-23-18(22)17-5-3-2-4-6-17/h7-10,17,20-21H,1-6,11-13H2. The van der Waals surface area contributed by atoms with Crippen molar-refractivity contribution in [1.29, 1.82) is 0 Å². The third-order valence-corrected chi connectivity index (χ3v) is 5.46. The van der Waals surface area contributed by atoms with Gasteiger partial charge in [0.1, 0.15) is 0 Å². The number of thioether (sulfide) groups is 1. The van der Waals surface area contributed by atoms with E-state index in [9.17, 15) is 4.79 Å². The maximum absolute atomic E-state index is 12.2. The lowest BCUT2D eigenvalue weighted by atomic mass is 9.90. The van der Waals surface area contributed by atoms with E-state index >= 15 is 0 Å². The van der Waals surface area contributed by atoms with Gasteiger partial charge >= 0.3 is 0 Å². The Morgan fingerprint density at radius 2 is 1.87 bits per heavy atom. The van der Waals surface area contributed by atoms with E-state index in [2.05, 4.69) is 28.9 Å². The van der Waals surface area contributed by atoms with Crippen LogP contribution in [0.1, 0.15) is 43.2 Å². The summed E-state index contributed by atoms with van der Waals surface area (Å²) in [5.41, 5.74) is 3.12. The van der Waals surface area contributed by atoms with Gasteiger partial charge in [0.05, 0.1) is 0 Å². The Balaban J connectivity index is 1.78. The fourth-order valence-corrected chi connectivity index (χ4v) is 3.84. The van der Waals surface area contributed by atoms with Gasteiger partial charge in [-0.2, -0.15) is 0 Å². The van der Waals surface area contributed by atoms with Gasteiger partial charge in [0.15, 0.2) is 5.12 Å². The summed E-state index contributed by atoms with van der Waals surface area (Å²) in [6, 6.07) is 8.24. The van der Waals surface area contributed by atoms with Crippen LogP contribution < -0.4 is 10.2 Å². The van der Waals surface area contributed by atoms with Crippen LogP contribution >= 0.6 is 23.5 Å². The first kappa shape index (κ1) is 18.4. The number of hydrogen-bond donors (Lipinski definition) is 2. The van der Waals surface area contributed by atoms with Crippen LogP contribution in [-0.4, -0.2) is 18.2 Å². The van der Waals surface area contributed by atoms with Gasteiger partial charge in [0, 0.05) is 30.5 Å². The van der Waals surface area contributed by atoms with Crippen LogP contribution in [0.5, 0.6) is 0 Å². The molecule has 1 aliphatic rings. The second-order valence-electron chi connectivity index (χ2n) is 5.93. The van der Waals surface area contributed by atoms with E-state index in [1.165, 1.54) is 36.6 Å². The van der Waals surface area contributed by atoms with Gasteiger partial charge in [-0.25, -0.2) is 4.84 Å². The predicted octanol–water partition coefficient (Wildman–Crippen LogP) is 4.33. The lowest BCUT2D eigenvalue weighted by Crippen LogP contribution is -2.21. The highest BCUT2D eigenvalue weighted by Gasteiger charge is 2.21. The molecule has 0 atom stereocenters. The van der Waals surface area contributed by atoms with Crippen molar-refractivity contribution < 1.29 is 4.79 Å². The third kappa shape index (κ3) is 6.21. The lowest BCUT2D eigenvalue weighted by Gasteiger charge is -2.19. The minimum absolute atomic E-state index is 0.285. The van der Waals surface area contributed by atoms with E-state index in [4.69, 9.17) is 11.8 Å². The van der Waals surface area contributed by atoms with E-state index in [0.29, 0.717) is 11.7 Å². The second-order valence-corrected chi connectivity index (χ2v) is 7.18. The van der Waals surface area contributed by atoms with Crippen LogP contribution in [0.3, 0.4) is 0 Å². The maximum Gasteiger partial charge on any atom is 0.192 e. The normalized spacial score (nSPS) is 15.3. The number of hydrogen-bond acceptors (Lipinski definition) is 4. The summed E-state index contributed by atoms with van der Waals surface area (Å²) >= 11 is 6.89. The monoisotopic (exact) mass is 352 g/mol. The first-order valence-electron chi connectivity index (χ1n) is 8.23. The highest BCUT2D eigenvalue weighted by Crippen LogP contribution is 2.29. The average Bonchev–Trinajstić information content (AvgIpc) is 2.61. The Kier molecular flexibility index (Phi) is 8.00. The van der Waals surface area contributed by atoms with Crippen molar-refractivity contribution in [2.45, 2.75) is 37.9 Å². The summed E-state index contributed by atoms with van der Waals surface area (Å²) in [4.78, 5) is 14.8. The number of carbonyl (C=O) groups is 1. The zero-order valence-electron chi connectivity index (χ0n) is 13.4. The summed E-state index contributed by atoms with van der Waals surface area (Å²) < 4.78 is 0. The lowest BCUT2D eigenvalue weighted by molar-refractivity contribution is -0.115. The van der Waals surface area contributed by atoms with Crippen LogP contribution in [0.2, 0.25) is 0 Å². The quantitative estimate of drug-likeness (QED) is 0.539. The summed E-state index contributed by atoms with van der Waals surface area (Å²) in [6.07, 6.45) is 5.86. The van der Waals surface area contributed by atoms with E-state index in [1.807, 2.05) is 12.1 Å². The summed E-state index contributed by atoms with van der Waals surface area (Å²) in [7, 11) is 0. The molecular weight excluding hydrogens is 328 g/mol. The van der Waals surface area contributed by atoms with Gasteiger partial charge in [0.25, 0.3) is 0 Å². The highest BCUT2D eigenvalue weighted by molar-refractivity contribution is 8.13. The van der Waals surface area contributed by atoms with Crippen LogP contribution in [0, 0.1) is 5.92 Å². The van der Waals surface area contributed by atoms with Crippen molar-refractivity contribution in [1.82, 2.24) is 10.2 Å². The average molecular weight is 353 g/mol. The summed E-state index contributed by atoms with van der Waals surface area (Å²) in [5, 5.41) is 3.58. The van der Waals surface area contributed by atoms with Crippen LogP contribution in [0.25, 0.3) is 5.70 Å². The molecule has 1 aromatic carbocycles. The Hall–Kier alpha value is -0.970. The summed E-state index contributed by atoms with van der Waals surface area (Å²) in [6.45, 7) is 5.43. The molecule has 1 fully saturated rings. The molecule has 1 saturated carbocycles. The molecule has 2 N–H and O–H groups in total. The molecule has 0 unspecified atom stereocenters. The maximum atomic E-state index is 12.2. The molecule has 0 saturated heterocycles. The summed E-state index contributed by atoms with van der Waals surface area (Å²) in [5.74, 6) is 1.04. The molecule has 1 aromatic rings. The molecule has 5 heteroatoms. The van der Waals surface area contributed by atoms with Gasteiger partial charge in [-0.05, 0) is 35.7 Å². The highest BCUT2D eigenvalue weighted by atomic mass is 35.5. The molecule has 0 radical (unpaired) electrons. The fourth-order valence-electron chi connectivity index (χ4n) is 2.78. The van der Waals surface area contributed by atoms with Crippen molar-refractivity contribution >= 4 is 34.4 Å². The van der Waals surface area contributed by atoms with E-state index in [1.54, 1.807) is 0 Å². The van der Waals surface area contributed by atoms with Gasteiger partial charge in [0.2, 0.25) is 0 Å². The SMILES string of the molecule is C=C(NCCNCl)c1ccc(CSC(=O)C2CCCCC2)cc1. The first-order valence-corrected chi connectivity index (χ1v) is 9.59. The van der Waals surface area contributed by atoms with E-state index < -0.39 is 0 Å². The van der Waals surface area contributed by atoms with Gasteiger partial charge in [-0.3, -0.25) is 4.79 Å². The molecule has 23 heavy (non-hydrogen) atoms. The van der Waals surface area contributed by atoms with Crippen molar-refractivity contribution in [3.63, 3.8) is 0 Å². The van der Waals surface area contributed by atoms with E-state index in [-0.39, 0.29) is 5.92 Å². The molecular formula is C18H25ClN2OS. The molecule has 1 aliphatic carbocycles. The van der Waals surface area contributed by atoms with Gasteiger partial charge in [-0.15, -0.1) is 0 Å². The zero-order chi connectivity index (χ0) is 16.5. The van der Waals surface area contributed by atoms with Gasteiger partial charge < -0.3 is 5.32 Å². The molecule has 0 spiro atoms.